The van der Waals surface area contributed by atoms with Crippen LogP contribution in [0.4, 0.5) is 5.69 Å². The highest BCUT2D eigenvalue weighted by Crippen LogP contribution is 2.28. The molecule has 0 fully saturated rings. The fourth-order valence-corrected chi connectivity index (χ4v) is 4.02. The Labute approximate surface area is 179 Å². The van der Waals surface area contributed by atoms with Crippen molar-refractivity contribution in [1.82, 2.24) is 20.0 Å². The minimum Gasteiger partial charge on any atom is -0.399 e. The number of nitrogen functional groups attached to an aromatic ring is 1. The number of nitrogens with zero attached hydrogens (tertiary/aromatic N) is 3. The van der Waals surface area contributed by atoms with Crippen LogP contribution in [-0.4, -0.2) is 26.6 Å². The van der Waals surface area contributed by atoms with Crippen molar-refractivity contribution < 1.29 is 4.52 Å². The second-order valence-corrected chi connectivity index (χ2v) is 7.85. The highest BCUT2D eigenvalue weighted by Gasteiger charge is 2.24. The summed E-state index contributed by atoms with van der Waals surface area (Å²) < 4.78 is 5.49. The molecule has 0 saturated heterocycles. The van der Waals surface area contributed by atoms with Gasteiger partial charge in [-0.3, -0.25) is 9.69 Å². The van der Waals surface area contributed by atoms with E-state index in [9.17, 15) is 4.79 Å². The van der Waals surface area contributed by atoms with Crippen molar-refractivity contribution >= 4 is 5.69 Å². The Bertz CT molecular complexity index is 1280. The second-order valence-electron chi connectivity index (χ2n) is 7.85. The lowest BCUT2D eigenvalue weighted by Crippen LogP contribution is -2.35. The zero-order chi connectivity index (χ0) is 21.4. The topological polar surface area (TPSA) is 101 Å². The van der Waals surface area contributed by atoms with Gasteiger partial charge in [0.1, 0.15) is 17.3 Å². The molecule has 0 bridgehead atoms. The number of aromatic amines is 1. The number of aryl methyl sites for hydroxylation is 1. The van der Waals surface area contributed by atoms with Gasteiger partial charge in [0, 0.05) is 48.4 Å². The molecule has 0 spiro atoms. The molecule has 7 heteroatoms. The summed E-state index contributed by atoms with van der Waals surface area (Å²) in [5.74, 6) is 1.38. The number of nitrogens with one attached hydrogen (secondary N) is 1. The molecule has 0 radical (unpaired) electrons. The number of hydrogen-bond acceptors (Lipinski definition) is 6. The van der Waals surface area contributed by atoms with Gasteiger partial charge in [0.25, 0.3) is 5.56 Å². The molecule has 0 aliphatic carbocycles. The third-order valence-electron chi connectivity index (χ3n) is 5.75. The molecule has 0 saturated carbocycles. The van der Waals surface area contributed by atoms with Crippen LogP contribution in [-0.2, 0) is 19.5 Å². The number of benzene rings is 2. The van der Waals surface area contributed by atoms with Crippen molar-refractivity contribution in [2.24, 2.45) is 0 Å². The lowest BCUT2D eigenvalue weighted by atomic mass is 10.0. The van der Waals surface area contributed by atoms with Crippen molar-refractivity contribution in [2.45, 2.75) is 26.4 Å². The molecule has 1 aliphatic rings. The Hall–Kier alpha value is -3.71. The first-order valence-electron chi connectivity index (χ1n) is 10.3. The van der Waals surface area contributed by atoms with E-state index in [1.165, 1.54) is 0 Å². The van der Waals surface area contributed by atoms with Gasteiger partial charge in [-0.1, -0.05) is 35.5 Å². The van der Waals surface area contributed by atoms with Gasteiger partial charge in [-0.15, -0.1) is 0 Å². The highest BCUT2D eigenvalue weighted by atomic mass is 16.5. The standard InChI is InChI=1S/C24H23N5O2/c1-15-19(22(28-31-15)16-5-3-2-4-6-16)13-29-12-11-21-20(14-29)24(30)27-23(26-21)17-7-9-18(25)10-8-17/h2-10H,11-14,25H2,1H3,(H,26,27,30). The van der Waals surface area contributed by atoms with Crippen LogP contribution in [0.5, 0.6) is 0 Å². The van der Waals surface area contributed by atoms with E-state index in [0.717, 1.165) is 45.9 Å². The van der Waals surface area contributed by atoms with Gasteiger partial charge in [0.05, 0.1) is 11.3 Å². The molecule has 2 aromatic carbocycles. The molecule has 31 heavy (non-hydrogen) atoms. The van der Waals surface area contributed by atoms with Gasteiger partial charge in [0.2, 0.25) is 0 Å². The Morgan fingerprint density at radius 3 is 2.65 bits per heavy atom. The Morgan fingerprint density at radius 1 is 1.10 bits per heavy atom. The van der Waals surface area contributed by atoms with E-state index < -0.39 is 0 Å². The van der Waals surface area contributed by atoms with Gasteiger partial charge in [-0.2, -0.15) is 0 Å². The molecule has 156 valence electrons. The zero-order valence-electron chi connectivity index (χ0n) is 17.3. The number of aromatic nitrogens is 3. The minimum absolute atomic E-state index is 0.0909. The summed E-state index contributed by atoms with van der Waals surface area (Å²) >= 11 is 0. The smallest absolute Gasteiger partial charge is 0.255 e. The average Bonchev–Trinajstić information content (AvgIpc) is 3.15. The molecular formula is C24H23N5O2. The summed E-state index contributed by atoms with van der Waals surface area (Å²) in [5.41, 5.74) is 11.7. The number of hydrogen-bond donors (Lipinski definition) is 2. The van der Waals surface area contributed by atoms with Gasteiger partial charge in [-0.25, -0.2) is 4.98 Å². The van der Waals surface area contributed by atoms with Crippen LogP contribution in [0.25, 0.3) is 22.6 Å². The van der Waals surface area contributed by atoms with Gasteiger partial charge in [0.15, 0.2) is 0 Å². The average molecular weight is 413 g/mol. The second kappa shape index (κ2) is 7.85. The summed E-state index contributed by atoms with van der Waals surface area (Å²) in [6.45, 7) is 3.94. The summed E-state index contributed by atoms with van der Waals surface area (Å²) in [4.78, 5) is 22.8. The third-order valence-corrected chi connectivity index (χ3v) is 5.75. The lowest BCUT2D eigenvalue weighted by molar-refractivity contribution is 0.240. The van der Waals surface area contributed by atoms with Crippen molar-refractivity contribution in [1.29, 1.82) is 0 Å². The molecule has 3 N–H and O–H groups in total. The number of rotatable bonds is 4. The van der Waals surface area contributed by atoms with E-state index in [1.807, 2.05) is 61.5 Å². The van der Waals surface area contributed by atoms with Crippen molar-refractivity contribution in [3.8, 4) is 22.6 Å². The summed E-state index contributed by atoms with van der Waals surface area (Å²) in [6.07, 6.45) is 0.715. The van der Waals surface area contributed by atoms with Gasteiger partial charge >= 0.3 is 0 Å². The number of anilines is 1. The van der Waals surface area contributed by atoms with Crippen LogP contribution < -0.4 is 11.3 Å². The third kappa shape index (κ3) is 3.75. The number of H-pyrrole nitrogens is 1. The van der Waals surface area contributed by atoms with Crippen LogP contribution >= 0.6 is 0 Å². The van der Waals surface area contributed by atoms with Crippen molar-refractivity contribution in [3.63, 3.8) is 0 Å². The van der Waals surface area contributed by atoms with E-state index in [4.69, 9.17) is 15.2 Å². The first kappa shape index (κ1) is 19.3. The molecule has 2 aromatic heterocycles. The van der Waals surface area contributed by atoms with E-state index in [1.54, 1.807) is 0 Å². The zero-order valence-corrected chi connectivity index (χ0v) is 17.3. The highest BCUT2D eigenvalue weighted by molar-refractivity contribution is 5.63. The molecular weight excluding hydrogens is 390 g/mol. The molecule has 0 unspecified atom stereocenters. The summed E-state index contributed by atoms with van der Waals surface area (Å²) in [7, 11) is 0. The van der Waals surface area contributed by atoms with Crippen LogP contribution in [0.3, 0.4) is 0 Å². The minimum atomic E-state index is -0.0909. The predicted octanol–water partition coefficient (Wildman–Crippen LogP) is 3.54. The normalized spacial score (nSPS) is 13.8. The largest absolute Gasteiger partial charge is 0.399 e. The first-order valence-corrected chi connectivity index (χ1v) is 10.3. The van der Waals surface area contributed by atoms with Crippen molar-refractivity contribution in [3.05, 3.63) is 87.5 Å². The quantitative estimate of drug-likeness (QED) is 0.496. The van der Waals surface area contributed by atoms with Crippen LogP contribution in [0.2, 0.25) is 0 Å². The molecule has 0 atom stereocenters. The van der Waals surface area contributed by atoms with E-state index >= 15 is 0 Å². The van der Waals surface area contributed by atoms with Crippen molar-refractivity contribution in [2.75, 3.05) is 12.3 Å². The van der Waals surface area contributed by atoms with Gasteiger partial charge in [-0.05, 0) is 31.2 Å². The molecule has 4 aromatic rings. The predicted molar refractivity (Wildman–Crippen MR) is 119 cm³/mol. The van der Waals surface area contributed by atoms with Crippen LogP contribution in [0.1, 0.15) is 22.6 Å². The molecule has 5 rings (SSSR count). The van der Waals surface area contributed by atoms with Crippen LogP contribution in [0, 0.1) is 6.92 Å². The number of fused-ring (bicyclic) bond motifs is 1. The van der Waals surface area contributed by atoms with Crippen LogP contribution in [0.15, 0.2) is 63.9 Å². The summed E-state index contributed by atoms with van der Waals surface area (Å²) in [5, 5.41) is 4.27. The fraction of sp³-hybridized carbons (Fsp3) is 0.208. The first-order chi connectivity index (χ1) is 15.1. The molecule has 7 nitrogen and oxygen atoms in total. The monoisotopic (exact) mass is 413 g/mol. The maximum Gasteiger partial charge on any atom is 0.255 e. The van der Waals surface area contributed by atoms with Gasteiger partial charge < -0.3 is 15.2 Å². The van der Waals surface area contributed by atoms with E-state index in [2.05, 4.69) is 15.0 Å². The fourth-order valence-electron chi connectivity index (χ4n) is 4.02. The Balaban J connectivity index is 1.41. The van der Waals surface area contributed by atoms with E-state index in [0.29, 0.717) is 31.0 Å². The summed E-state index contributed by atoms with van der Waals surface area (Å²) in [6, 6.07) is 17.4. The molecule has 3 heterocycles. The Morgan fingerprint density at radius 2 is 1.87 bits per heavy atom. The SMILES string of the molecule is Cc1onc(-c2ccccc2)c1CN1CCc2nc(-c3ccc(N)cc3)[nH]c(=O)c2C1. The maximum atomic E-state index is 12.9. The lowest BCUT2D eigenvalue weighted by Gasteiger charge is -2.27. The number of nitrogens with two attached hydrogens (primary N) is 1. The Kier molecular flexibility index (Phi) is 4.88. The molecule has 1 aliphatic heterocycles. The van der Waals surface area contributed by atoms with E-state index in [-0.39, 0.29) is 5.56 Å². The molecule has 0 amide bonds. The maximum absolute atomic E-state index is 12.9.